The van der Waals surface area contributed by atoms with Crippen LogP contribution in [0.1, 0.15) is 35.8 Å². The van der Waals surface area contributed by atoms with Crippen LogP contribution in [0.15, 0.2) is 36.7 Å². The Morgan fingerprint density at radius 2 is 2.12 bits per heavy atom. The summed E-state index contributed by atoms with van der Waals surface area (Å²) in [6.07, 6.45) is 4.40. The highest BCUT2D eigenvalue weighted by Gasteiger charge is 2.22. The van der Waals surface area contributed by atoms with Gasteiger partial charge < -0.3 is 10.0 Å². The number of carboxylic acid groups (broad SMARTS) is 1. The summed E-state index contributed by atoms with van der Waals surface area (Å²) in [5.41, 5.74) is 2.63. The van der Waals surface area contributed by atoms with Gasteiger partial charge in [-0.05, 0) is 43.4 Å². The standard InChI is InChI=1S/C19H21N3O3/c1-13(23)22-7-3-4-14(11-22)8-17-10-18(21-12-20-17)15-5-2-6-16(9-15)19(24)25/h2,5-6,9-10,12,14H,3-4,7-8,11H2,1H3,(H,24,25)/t14-/m1/s1. The van der Waals surface area contributed by atoms with Crippen LogP contribution >= 0.6 is 0 Å². The van der Waals surface area contributed by atoms with E-state index in [4.69, 9.17) is 5.11 Å². The number of amides is 1. The molecule has 1 atom stereocenters. The molecule has 1 amide bonds. The van der Waals surface area contributed by atoms with Crippen LogP contribution in [0.5, 0.6) is 0 Å². The fraction of sp³-hybridized carbons (Fsp3) is 0.368. The summed E-state index contributed by atoms with van der Waals surface area (Å²) >= 11 is 0. The quantitative estimate of drug-likeness (QED) is 0.926. The van der Waals surface area contributed by atoms with Gasteiger partial charge in [0.05, 0.1) is 11.3 Å². The fourth-order valence-corrected chi connectivity index (χ4v) is 3.29. The van der Waals surface area contributed by atoms with E-state index >= 15 is 0 Å². The number of hydrogen-bond acceptors (Lipinski definition) is 4. The van der Waals surface area contributed by atoms with Gasteiger partial charge in [0.15, 0.2) is 0 Å². The first-order valence-corrected chi connectivity index (χ1v) is 8.43. The molecule has 0 aliphatic carbocycles. The summed E-state index contributed by atoms with van der Waals surface area (Å²) in [6.45, 7) is 3.21. The topological polar surface area (TPSA) is 83.4 Å². The maximum atomic E-state index is 11.6. The van der Waals surface area contributed by atoms with E-state index in [1.54, 1.807) is 25.1 Å². The number of aromatic carboxylic acids is 1. The summed E-state index contributed by atoms with van der Waals surface area (Å²) in [6, 6.07) is 8.65. The normalized spacial score (nSPS) is 17.3. The predicted octanol–water partition coefficient (Wildman–Crippen LogP) is 2.64. The van der Waals surface area contributed by atoms with E-state index in [2.05, 4.69) is 9.97 Å². The Morgan fingerprint density at radius 1 is 1.28 bits per heavy atom. The SMILES string of the molecule is CC(=O)N1CCC[C@H](Cc2cc(-c3cccc(C(=O)O)c3)ncn2)C1. The van der Waals surface area contributed by atoms with Crippen LogP contribution in [0.3, 0.4) is 0 Å². The highest BCUT2D eigenvalue weighted by atomic mass is 16.4. The molecule has 1 saturated heterocycles. The third-order valence-electron chi connectivity index (χ3n) is 4.59. The minimum absolute atomic E-state index is 0.124. The molecule has 25 heavy (non-hydrogen) atoms. The van der Waals surface area contributed by atoms with E-state index in [1.165, 1.54) is 6.33 Å². The molecule has 0 unspecified atom stereocenters. The van der Waals surface area contributed by atoms with Gasteiger partial charge in [-0.15, -0.1) is 0 Å². The van der Waals surface area contributed by atoms with Gasteiger partial charge >= 0.3 is 5.97 Å². The number of carbonyl (C=O) groups is 2. The molecule has 2 aromatic rings. The Labute approximate surface area is 146 Å². The number of piperidine rings is 1. The van der Waals surface area contributed by atoms with Crippen LogP contribution < -0.4 is 0 Å². The van der Waals surface area contributed by atoms with Crippen molar-refractivity contribution in [2.24, 2.45) is 5.92 Å². The summed E-state index contributed by atoms with van der Waals surface area (Å²) in [7, 11) is 0. The molecular formula is C19H21N3O3. The Bertz CT molecular complexity index is 791. The lowest BCUT2D eigenvalue weighted by Gasteiger charge is -2.31. The zero-order valence-corrected chi connectivity index (χ0v) is 14.2. The Hall–Kier alpha value is -2.76. The van der Waals surface area contributed by atoms with E-state index in [0.717, 1.165) is 43.6 Å². The second-order valence-corrected chi connectivity index (χ2v) is 6.46. The Kier molecular flexibility index (Phi) is 5.07. The number of aromatic nitrogens is 2. The maximum absolute atomic E-state index is 11.6. The second kappa shape index (κ2) is 7.42. The molecule has 1 N–H and O–H groups in total. The summed E-state index contributed by atoms with van der Waals surface area (Å²) in [5.74, 6) is -0.438. The molecule has 0 saturated carbocycles. The van der Waals surface area contributed by atoms with Gasteiger partial charge in [-0.25, -0.2) is 14.8 Å². The molecule has 1 aliphatic heterocycles. The number of nitrogens with zero attached hydrogens (tertiary/aromatic N) is 3. The lowest BCUT2D eigenvalue weighted by Crippen LogP contribution is -2.39. The number of rotatable bonds is 4. The van der Waals surface area contributed by atoms with Crippen LogP contribution in [-0.4, -0.2) is 44.9 Å². The number of benzene rings is 1. The first-order chi connectivity index (χ1) is 12.0. The Balaban J connectivity index is 1.77. The van der Waals surface area contributed by atoms with Crippen LogP contribution in [-0.2, 0) is 11.2 Å². The summed E-state index contributed by atoms with van der Waals surface area (Å²) in [4.78, 5) is 33.2. The van der Waals surface area contributed by atoms with Crippen molar-refractivity contribution >= 4 is 11.9 Å². The molecule has 130 valence electrons. The van der Waals surface area contributed by atoms with E-state index < -0.39 is 5.97 Å². The van der Waals surface area contributed by atoms with Crippen molar-refractivity contribution in [2.75, 3.05) is 13.1 Å². The van der Waals surface area contributed by atoms with Gasteiger partial charge in [-0.2, -0.15) is 0 Å². The van der Waals surface area contributed by atoms with Gasteiger partial charge in [0.2, 0.25) is 5.91 Å². The van der Waals surface area contributed by atoms with Crippen molar-refractivity contribution in [1.82, 2.24) is 14.9 Å². The van der Waals surface area contributed by atoms with E-state index in [0.29, 0.717) is 11.6 Å². The molecule has 0 bridgehead atoms. The molecule has 2 heterocycles. The minimum atomic E-state index is -0.956. The zero-order valence-electron chi connectivity index (χ0n) is 14.2. The minimum Gasteiger partial charge on any atom is -0.478 e. The molecule has 6 heteroatoms. The van der Waals surface area contributed by atoms with Crippen LogP contribution in [0, 0.1) is 5.92 Å². The predicted molar refractivity (Wildman–Crippen MR) is 93.1 cm³/mol. The van der Waals surface area contributed by atoms with Crippen molar-refractivity contribution in [2.45, 2.75) is 26.2 Å². The molecule has 1 aromatic heterocycles. The first-order valence-electron chi connectivity index (χ1n) is 8.43. The number of hydrogen-bond donors (Lipinski definition) is 1. The Morgan fingerprint density at radius 3 is 2.88 bits per heavy atom. The zero-order chi connectivity index (χ0) is 17.8. The van der Waals surface area contributed by atoms with Crippen LogP contribution in [0.25, 0.3) is 11.3 Å². The monoisotopic (exact) mass is 339 g/mol. The van der Waals surface area contributed by atoms with Gasteiger partial charge in [0.25, 0.3) is 0 Å². The van der Waals surface area contributed by atoms with E-state index in [1.807, 2.05) is 17.0 Å². The molecule has 0 spiro atoms. The smallest absolute Gasteiger partial charge is 0.335 e. The largest absolute Gasteiger partial charge is 0.478 e. The molecule has 0 radical (unpaired) electrons. The van der Waals surface area contributed by atoms with Crippen molar-refractivity contribution in [3.8, 4) is 11.3 Å². The first kappa shape index (κ1) is 17.1. The number of likely N-dealkylation sites (tertiary alicyclic amines) is 1. The van der Waals surface area contributed by atoms with Gasteiger partial charge in [-0.3, -0.25) is 4.79 Å². The number of carboxylic acids is 1. The lowest BCUT2D eigenvalue weighted by atomic mass is 9.93. The fourth-order valence-electron chi connectivity index (χ4n) is 3.29. The molecular weight excluding hydrogens is 318 g/mol. The summed E-state index contributed by atoms with van der Waals surface area (Å²) in [5, 5.41) is 9.13. The van der Waals surface area contributed by atoms with Crippen molar-refractivity contribution in [3.63, 3.8) is 0 Å². The third-order valence-corrected chi connectivity index (χ3v) is 4.59. The highest BCUT2D eigenvalue weighted by molar-refractivity contribution is 5.89. The van der Waals surface area contributed by atoms with Crippen molar-refractivity contribution in [1.29, 1.82) is 0 Å². The van der Waals surface area contributed by atoms with Gasteiger partial charge in [-0.1, -0.05) is 12.1 Å². The molecule has 6 nitrogen and oxygen atoms in total. The van der Waals surface area contributed by atoms with E-state index in [-0.39, 0.29) is 11.5 Å². The maximum Gasteiger partial charge on any atom is 0.335 e. The highest BCUT2D eigenvalue weighted by Crippen LogP contribution is 2.23. The number of carbonyl (C=O) groups excluding carboxylic acids is 1. The average Bonchev–Trinajstić information content (AvgIpc) is 2.62. The molecule has 1 fully saturated rings. The van der Waals surface area contributed by atoms with Gasteiger partial charge in [0.1, 0.15) is 6.33 Å². The molecule has 1 aliphatic rings. The van der Waals surface area contributed by atoms with Gasteiger partial charge in [0, 0.05) is 31.3 Å². The van der Waals surface area contributed by atoms with E-state index in [9.17, 15) is 9.59 Å². The third kappa shape index (κ3) is 4.21. The van der Waals surface area contributed by atoms with Crippen LogP contribution in [0.2, 0.25) is 0 Å². The molecule has 1 aromatic carbocycles. The molecule has 3 rings (SSSR count). The van der Waals surface area contributed by atoms with Crippen LogP contribution in [0.4, 0.5) is 0 Å². The average molecular weight is 339 g/mol. The lowest BCUT2D eigenvalue weighted by molar-refractivity contribution is -0.130. The van der Waals surface area contributed by atoms with Crippen molar-refractivity contribution in [3.05, 3.63) is 47.9 Å². The second-order valence-electron chi connectivity index (χ2n) is 6.46. The van der Waals surface area contributed by atoms with Crippen molar-refractivity contribution < 1.29 is 14.7 Å². The summed E-state index contributed by atoms with van der Waals surface area (Å²) < 4.78 is 0.